The molecule has 0 spiro atoms. The molecular formula is C18H30Cl2N2O3. The molecule has 1 aliphatic carbocycles. The fourth-order valence-electron chi connectivity index (χ4n) is 3.77. The molecule has 5 nitrogen and oxygen atoms in total. The van der Waals surface area contributed by atoms with E-state index < -0.39 is 0 Å². The zero-order chi connectivity index (χ0) is 16.2. The van der Waals surface area contributed by atoms with E-state index in [9.17, 15) is 0 Å². The van der Waals surface area contributed by atoms with E-state index in [2.05, 4.69) is 22.3 Å². The highest BCUT2D eigenvalue weighted by Crippen LogP contribution is 2.46. The standard InChI is InChI=1S/C18H28N2O3.2ClH/c1-21-15-11-14(12-16(22-2)18(15)23-3)17(13-5-4-6-13)20-9-7-19-8-10-20;;/h11-13,17,19H,4-10H2,1-3H3;2*1H/t17-;;/m0../s1. The van der Waals surface area contributed by atoms with E-state index in [1.165, 1.54) is 24.8 Å². The Morgan fingerprint density at radius 1 is 0.960 bits per heavy atom. The lowest BCUT2D eigenvalue weighted by atomic mass is 9.76. The van der Waals surface area contributed by atoms with Gasteiger partial charge in [-0.1, -0.05) is 6.42 Å². The number of benzene rings is 1. The second-order valence-electron chi connectivity index (χ2n) is 6.38. The number of ether oxygens (including phenoxy) is 3. The van der Waals surface area contributed by atoms with Crippen molar-refractivity contribution in [2.45, 2.75) is 25.3 Å². The predicted molar refractivity (Wildman–Crippen MR) is 105 cm³/mol. The van der Waals surface area contributed by atoms with Crippen LogP contribution in [0.5, 0.6) is 17.2 Å². The van der Waals surface area contributed by atoms with Gasteiger partial charge in [-0.05, 0) is 36.5 Å². The molecule has 0 unspecified atom stereocenters. The lowest BCUT2D eigenvalue weighted by Gasteiger charge is -2.43. The van der Waals surface area contributed by atoms with E-state index in [4.69, 9.17) is 14.2 Å². The van der Waals surface area contributed by atoms with Crippen molar-refractivity contribution < 1.29 is 14.2 Å². The molecule has 25 heavy (non-hydrogen) atoms. The third-order valence-electron chi connectivity index (χ3n) is 5.17. The van der Waals surface area contributed by atoms with Crippen LogP contribution in [0.4, 0.5) is 0 Å². The highest BCUT2D eigenvalue weighted by molar-refractivity contribution is 5.85. The maximum absolute atomic E-state index is 5.55. The molecule has 1 saturated carbocycles. The summed E-state index contributed by atoms with van der Waals surface area (Å²) in [5, 5.41) is 3.45. The molecule has 1 atom stereocenters. The van der Waals surface area contributed by atoms with Crippen LogP contribution < -0.4 is 19.5 Å². The topological polar surface area (TPSA) is 43.0 Å². The number of piperazine rings is 1. The minimum absolute atomic E-state index is 0. The number of methoxy groups -OCH3 is 3. The molecule has 144 valence electrons. The quantitative estimate of drug-likeness (QED) is 0.804. The number of hydrogen-bond acceptors (Lipinski definition) is 5. The molecule has 1 aliphatic heterocycles. The van der Waals surface area contributed by atoms with Gasteiger partial charge in [0.2, 0.25) is 5.75 Å². The lowest BCUT2D eigenvalue weighted by molar-refractivity contribution is 0.0833. The van der Waals surface area contributed by atoms with E-state index >= 15 is 0 Å². The van der Waals surface area contributed by atoms with E-state index in [1.54, 1.807) is 21.3 Å². The first kappa shape index (κ1) is 22.2. The first-order chi connectivity index (χ1) is 11.3. The van der Waals surface area contributed by atoms with Gasteiger partial charge in [-0.2, -0.15) is 0 Å². The fourth-order valence-corrected chi connectivity index (χ4v) is 3.77. The second-order valence-corrected chi connectivity index (χ2v) is 6.38. The number of rotatable bonds is 6. The third kappa shape index (κ3) is 4.64. The summed E-state index contributed by atoms with van der Waals surface area (Å²) < 4.78 is 16.6. The Morgan fingerprint density at radius 2 is 1.52 bits per heavy atom. The van der Waals surface area contributed by atoms with E-state index in [1.807, 2.05) is 0 Å². The largest absolute Gasteiger partial charge is 0.493 e. The minimum atomic E-state index is 0. The van der Waals surface area contributed by atoms with Crippen LogP contribution >= 0.6 is 24.8 Å². The maximum atomic E-state index is 5.55. The highest BCUT2D eigenvalue weighted by atomic mass is 35.5. The minimum Gasteiger partial charge on any atom is -0.493 e. The Morgan fingerprint density at radius 3 is 1.92 bits per heavy atom. The van der Waals surface area contributed by atoms with Crippen molar-refractivity contribution in [2.75, 3.05) is 47.5 Å². The zero-order valence-corrected chi connectivity index (χ0v) is 16.9. The average molecular weight is 393 g/mol. The first-order valence-corrected chi connectivity index (χ1v) is 8.53. The Balaban J connectivity index is 0.00000156. The molecule has 1 N–H and O–H groups in total. The summed E-state index contributed by atoms with van der Waals surface area (Å²) in [6.45, 7) is 4.32. The Hall–Kier alpha value is -0.880. The molecule has 2 aliphatic rings. The molecule has 2 fully saturated rings. The summed E-state index contributed by atoms with van der Waals surface area (Å²) in [5.74, 6) is 2.91. The van der Waals surface area contributed by atoms with Gasteiger partial charge in [0.05, 0.1) is 21.3 Å². The summed E-state index contributed by atoms with van der Waals surface area (Å²) in [6.07, 6.45) is 3.97. The van der Waals surface area contributed by atoms with E-state index in [-0.39, 0.29) is 24.8 Å². The molecule has 7 heteroatoms. The Labute approximate surface area is 163 Å². The van der Waals surface area contributed by atoms with Crippen LogP contribution in [0.15, 0.2) is 12.1 Å². The van der Waals surface area contributed by atoms with Gasteiger partial charge in [-0.3, -0.25) is 4.90 Å². The number of halogens is 2. The highest BCUT2D eigenvalue weighted by Gasteiger charge is 2.34. The molecule has 3 rings (SSSR count). The van der Waals surface area contributed by atoms with Gasteiger partial charge in [-0.15, -0.1) is 24.8 Å². The molecule has 1 aromatic carbocycles. The van der Waals surface area contributed by atoms with Gasteiger partial charge >= 0.3 is 0 Å². The number of nitrogens with zero attached hydrogens (tertiary/aromatic N) is 1. The van der Waals surface area contributed by atoms with Crippen LogP contribution in [0.25, 0.3) is 0 Å². The number of nitrogens with one attached hydrogen (secondary N) is 1. The summed E-state index contributed by atoms with van der Waals surface area (Å²) in [6, 6.07) is 4.71. The van der Waals surface area contributed by atoms with Crippen molar-refractivity contribution in [1.82, 2.24) is 10.2 Å². The van der Waals surface area contributed by atoms with Crippen molar-refractivity contribution in [3.63, 3.8) is 0 Å². The summed E-state index contributed by atoms with van der Waals surface area (Å²) in [5.41, 5.74) is 1.28. The van der Waals surface area contributed by atoms with E-state index in [0.29, 0.717) is 11.8 Å². The average Bonchev–Trinajstić information content (AvgIpc) is 2.57. The monoisotopic (exact) mass is 392 g/mol. The predicted octanol–water partition coefficient (Wildman–Crippen LogP) is 3.30. The zero-order valence-electron chi connectivity index (χ0n) is 15.2. The van der Waals surface area contributed by atoms with Gasteiger partial charge < -0.3 is 19.5 Å². The van der Waals surface area contributed by atoms with Crippen LogP contribution in [-0.2, 0) is 0 Å². The third-order valence-corrected chi connectivity index (χ3v) is 5.17. The Bertz CT molecular complexity index is 510. The van der Waals surface area contributed by atoms with Gasteiger partial charge in [-0.25, -0.2) is 0 Å². The maximum Gasteiger partial charge on any atom is 0.203 e. The second kappa shape index (κ2) is 10.3. The van der Waals surface area contributed by atoms with Crippen molar-refractivity contribution >= 4 is 24.8 Å². The van der Waals surface area contributed by atoms with Crippen molar-refractivity contribution in [1.29, 1.82) is 0 Å². The Kier molecular flexibility index (Phi) is 9.14. The summed E-state index contributed by atoms with van der Waals surface area (Å²) >= 11 is 0. The van der Waals surface area contributed by atoms with Crippen LogP contribution in [0, 0.1) is 5.92 Å². The molecule has 0 bridgehead atoms. The first-order valence-electron chi connectivity index (χ1n) is 8.53. The molecule has 0 amide bonds. The molecule has 0 aromatic heterocycles. The van der Waals surface area contributed by atoms with Crippen molar-refractivity contribution in [2.24, 2.45) is 5.92 Å². The van der Waals surface area contributed by atoms with Crippen LogP contribution in [-0.4, -0.2) is 52.4 Å². The van der Waals surface area contributed by atoms with Crippen LogP contribution in [0.1, 0.15) is 30.9 Å². The molecular weight excluding hydrogens is 363 g/mol. The fraction of sp³-hybridized carbons (Fsp3) is 0.667. The normalized spacial score (nSPS) is 19.0. The van der Waals surface area contributed by atoms with E-state index in [0.717, 1.165) is 43.6 Å². The van der Waals surface area contributed by atoms with Gasteiger partial charge in [0.1, 0.15) is 0 Å². The smallest absolute Gasteiger partial charge is 0.203 e. The summed E-state index contributed by atoms with van der Waals surface area (Å²) in [7, 11) is 5.02. The van der Waals surface area contributed by atoms with Crippen LogP contribution in [0.2, 0.25) is 0 Å². The summed E-state index contributed by atoms with van der Waals surface area (Å²) in [4.78, 5) is 2.61. The molecule has 1 aromatic rings. The van der Waals surface area contributed by atoms with Crippen LogP contribution in [0.3, 0.4) is 0 Å². The lowest BCUT2D eigenvalue weighted by Crippen LogP contribution is -2.47. The van der Waals surface area contributed by atoms with Crippen molar-refractivity contribution in [3.8, 4) is 17.2 Å². The molecule has 1 saturated heterocycles. The molecule has 1 heterocycles. The SMILES string of the molecule is COc1cc([C@H](C2CCC2)N2CCNCC2)cc(OC)c1OC.Cl.Cl. The van der Waals surface area contributed by atoms with Gasteiger partial charge in [0, 0.05) is 32.2 Å². The number of hydrogen-bond donors (Lipinski definition) is 1. The van der Waals surface area contributed by atoms with Gasteiger partial charge in [0.25, 0.3) is 0 Å². The van der Waals surface area contributed by atoms with Crippen molar-refractivity contribution in [3.05, 3.63) is 17.7 Å². The molecule has 0 radical (unpaired) electrons. The van der Waals surface area contributed by atoms with Gasteiger partial charge in [0.15, 0.2) is 11.5 Å².